The van der Waals surface area contributed by atoms with Crippen LogP contribution in [0.4, 0.5) is 0 Å². The molecule has 2 saturated heterocycles. The first-order valence-corrected chi connectivity index (χ1v) is 9.88. The van der Waals surface area contributed by atoms with Gasteiger partial charge in [-0.05, 0) is 63.4 Å². The van der Waals surface area contributed by atoms with E-state index in [1.54, 1.807) is 6.08 Å². The molecular weight excluding hydrogens is 320 g/mol. The van der Waals surface area contributed by atoms with Crippen LogP contribution in [0.5, 0.6) is 0 Å². The van der Waals surface area contributed by atoms with E-state index in [1.165, 1.54) is 6.42 Å². The molecule has 4 unspecified atom stereocenters. The van der Waals surface area contributed by atoms with E-state index in [-0.39, 0.29) is 31.2 Å². The van der Waals surface area contributed by atoms with Crippen LogP contribution in [-0.4, -0.2) is 54.6 Å². The van der Waals surface area contributed by atoms with E-state index < -0.39 is 0 Å². The van der Waals surface area contributed by atoms with Gasteiger partial charge in [0, 0.05) is 6.61 Å². The monoisotopic (exact) mass is 356 g/mol. The zero-order valence-corrected chi connectivity index (χ0v) is 15.9. The average molecular weight is 357 g/mol. The fraction of sp³-hybridized carbons (Fsp3) is 0.900. The van der Waals surface area contributed by atoms with Gasteiger partial charge in [0.15, 0.2) is 6.29 Å². The SMILES string of the molecule is CC(CCCC1(C)OC1CC/C(=C\CO)CO)COC1CCCCO1. The van der Waals surface area contributed by atoms with Crippen molar-refractivity contribution in [2.75, 3.05) is 26.4 Å². The second kappa shape index (κ2) is 10.6. The molecule has 2 aliphatic heterocycles. The Hall–Kier alpha value is -0.460. The van der Waals surface area contributed by atoms with Crippen molar-refractivity contribution >= 4 is 0 Å². The molecule has 2 rings (SSSR count). The molecule has 5 heteroatoms. The molecule has 5 nitrogen and oxygen atoms in total. The average Bonchev–Trinajstić information content (AvgIpc) is 3.27. The third-order valence-electron chi connectivity index (χ3n) is 5.42. The summed E-state index contributed by atoms with van der Waals surface area (Å²) < 4.78 is 17.4. The van der Waals surface area contributed by atoms with Crippen molar-refractivity contribution in [1.82, 2.24) is 0 Å². The van der Waals surface area contributed by atoms with Crippen LogP contribution in [0, 0.1) is 5.92 Å². The number of rotatable bonds is 12. The predicted molar refractivity (Wildman–Crippen MR) is 97.3 cm³/mol. The van der Waals surface area contributed by atoms with Crippen LogP contribution >= 0.6 is 0 Å². The van der Waals surface area contributed by atoms with E-state index in [1.807, 2.05) is 0 Å². The first-order valence-electron chi connectivity index (χ1n) is 9.88. The number of ether oxygens (including phenoxy) is 3. The summed E-state index contributed by atoms with van der Waals surface area (Å²) in [6.07, 6.45) is 10.4. The minimum absolute atomic E-state index is 0.00710. The Bertz CT molecular complexity index is 405. The highest BCUT2D eigenvalue weighted by Crippen LogP contribution is 2.43. The smallest absolute Gasteiger partial charge is 0.157 e. The number of hydrogen-bond donors (Lipinski definition) is 2. The number of aliphatic hydroxyl groups is 2. The van der Waals surface area contributed by atoms with Gasteiger partial charge in [-0.3, -0.25) is 0 Å². The third kappa shape index (κ3) is 7.35. The van der Waals surface area contributed by atoms with E-state index in [0.29, 0.717) is 5.92 Å². The Morgan fingerprint density at radius 2 is 2.20 bits per heavy atom. The standard InChI is InChI=1S/C20H36O5/c1-16(15-24-19-7-3-4-13-23-19)6-5-11-20(2)18(25-20)9-8-17(14-22)10-12-21/h10,16,18-19,21-22H,3-9,11-15H2,1-2H3/b17-10+. The van der Waals surface area contributed by atoms with Gasteiger partial charge in [-0.25, -0.2) is 0 Å². The van der Waals surface area contributed by atoms with Gasteiger partial charge in [0.1, 0.15) is 0 Å². The molecule has 146 valence electrons. The molecule has 0 aliphatic carbocycles. The topological polar surface area (TPSA) is 71.5 Å². The minimum Gasteiger partial charge on any atom is -0.392 e. The zero-order chi connectivity index (χ0) is 18.1. The molecule has 2 aliphatic rings. The predicted octanol–water partition coefficient (Wildman–Crippen LogP) is 3.18. The van der Waals surface area contributed by atoms with Crippen LogP contribution in [0.15, 0.2) is 11.6 Å². The van der Waals surface area contributed by atoms with Crippen LogP contribution in [0.25, 0.3) is 0 Å². The Morgan fingerprint density at radius 3 is 2.88 bits per heavy atom. The van der Waals surface area contributed by atoms with Crippen molar-refractivity contribution in [3.8, 4) is 0 Å². The quantitative estimate of drug-likeness (QED) is 0.415. The molecule has 0 radical (unpaired) electrons. The number of aliphatic hydroxyl groups excluding tert-OH is 2. The van der Waals surface area contributed by atoms with Crippen LogP contribution in [0.1, 0.15) is 65.2 Å². The van der Waals surface area contributed by atoms with Crippen molar-refractivity contribution < 1.29 is 24.4 Å². The van der Waals surface area contributed by atoms with Gasteiger partial charge in [0.25, 0.3) is 0 Å². The Labute approximate surface area is 152 Å². The normalized spacial score (nSPS) is 31.1. The lowest BCUT2D eigenvalue weighted by atomic mass is 9.94. The van der Waals surface area contributed by atoms with Crippen LogP contribution < -0.4 is 0 Å². The highest BCUT2D eigenvalue weighted by Gasteiger charge is 2.50. The molecular formula is C20H36O5. The second-order valence-corrected chi connectivity index (χ2v) is 7.79. The first kappa shape index (κ1) is 20.8. The maximum Gasteiger partial charge on any atom is 0.157 e. The molecule has 0 aromatic heterocycles. The summed E-state index contributed by atoms with van der Waals surface area (Å²) in [7, 11) is 0. The minimum atomic E-state index is -0.00938. The fourth-order valence-corrected chi connectivity index (χ4v) is 3.57. The Kier molecular flexibility index (Phi) is 8.87. The lowest BCUT2D eigenvalue weighted by Gasteiger charge is -2.24. The lowest BCUT2D eigenvalue weighted by molar-refractivity contribution is -0.168. The maximum atomic E-state index is 9.23. The largest absolute Gasteiger partial charge is 0.392 e. The maximum absolute atomic E-state index is 9.23. The second-order valence-electron chi connectivity index (χ2n) is 7.79. The molecule has 2 N–H and O–H groups in total. The summed E-state index contributed by atoms with van der Waals surface area (Å²) >= 11 is 0. The van der Waals surface area contributed by atoms with Crippen molar-refractivity contribution in [2.45, 2.75) is 83.2 Å². The van der Waals surface area contributed by atoms with Crippen molar-refractivity contribution in [2.24, 2.45) is 5.92 Å². The van der Waals surface area contributed by atoms with Crippen LogP contribution in [-0.2, 0) is 14.2 Å². The van der Waals surface area contributed by atoms with Gasteiger partial charge >= 0.3 is 0 Å². The summed E-state index contributed by atoms with van der Waals surface area (Å²) in [6, 6.07) is 0. The van der Waals surface area contributed by atoms with Gasteiger partial charge in [-0.15, -0.1) is 0 Å². The highest BCUT2D eigenvalue weighted by molar-refractivity contribution is 5.06. The first-order chi connectivity index (χ1) is 12.1. The molecule has 2 heterocycles. The van der Waals surface area contributed by atoms with Gasteiger partial charge in [0.05, 0.1) is 31.5 Å². The fourth-order valence-electron chi connectivity index (χ4n) is 3.57. The third-order valence-corrected chi connectivity index (χ3v) is 5.42. The van der Waals surface area contributed by atoms with Gasteiger partial charge in [-0.2, -0.15) is 0 Å². The molecule has 0 aromatic carbocycles. The van der Waals surface area contributed by atoms with Gasteiger partial charge in [-0.1, -0.05) is 19.4 Å². The molecule has 0 saturated carbocycles. The number of hydrogen-bond acceptors (Lipinski definition) is 5. The summed E-state index contributed by atoms with van der Waals surface area (Å²) in [6.45, 7) is 6.04. The summed E-state index contributed by atoms with van der Waals surface area (Å²) in [5, 5.41) is 18.1. The van der Waals surface area contributed by atoms with Gasteiger partial charge < -0.3 is 24.4 Å². The van der Waals surface area contributed by atoms with E-state index >= 15 is 0 Å². The van der Waals surface area contributed by atoms with E-state index in [0.717, 1.165) is 63.7 Å². The lowest BCUT2D eigenvalue weighted by Crippen LogP contribution is -2.24. The van der Waals surface area contributed by atoms with Crippen molar-refractivity contribution in [1.29, 1.82) is 0 Å². The Morgan fingerprint density at radius 1 is 1.36 bits per heavy atom. The van der Waals surface area contributed by atoms with E-state index in [9.17, 15) is 5.11 Å². The molecule has 4 atom stereocenters. The molecule has 0 bridgehead atoms. The highest BCUT2D eigenvalue weighted by atomic mass is 16.7. The number of epoxide rings is 1. The Balaban J connectivity index is 1.54. The van der Waals surface area contributed by atoms with Gasteiger partial charge in [0.2, 0.25) is 0 Å². The summed E-state index contributed by atoms with van der Waals surface area (Å²) in [4.78, 5) is 0. The molecule has 2 fully saturated rings. The van der Waals surface area contributed by atoms with E-state index in [2.05, 4.69) is 13.8 Å². The molecule has 0 amide bonds. The summed E-state index contributed by atoms with van der Waals surface area (Å²) in [5.74, 6) is 0.541. The van der Waals surface area contributed by atoms with Crippen LogP contribution in [0.3, 0.4) is 0 Å². The van der Waals surface area contributed by atoms with Crippen molar-refractivity contribution in [3.63, 3.8) is 0 Å². The molecule has 0 spiro atoms. The molecule has 0 aromatic rings. The van der Waals surface area contributed by atoms with Crippen molar-refractivity contribution in [3.05, 3.63) is 11.6 Å². The summed E-state index contributed by atoms with van der Waals surface area (Å²) in [5.41, 5.74) is 0.892. The van der Waals surface area contributed by atoms with Crippen LogP contribution in [0.2, 0.25) is 0 Å². The molecule has 25 heavy (non-hydrogen) atoms. The van der Waals surface area contributed by atoms with E-state index in [4.69, 9.17) is 19.3 Å². The zero-order valence-electron chi connectivity index (χ0n) is 15.9.